The average Bonchev–Trinajstić information content (AvgIpc) is 2.47. The molecule has 1 aromatic rings. The minimum Gasteiger partial charge on any atom is -0.329 e. The van der Waals surface area contributed by atoms with Gasteiger partial charge in [0, 0.05) is 18.1 Å². The molecule has 1 aliphatic heterocycles. The van der Waals surface area contributed by atoms with Crippen molar-refractivity contribution in [2.45, 2.75) is 39.3 Å². The fourth-order valence-electron chi connectivity index (χ4n) is 2.56. The molecule has 0 spiro atoms. The second-order valence-electron chi connectivity index (χ2n) is 5.40. The molecule has 0 N–H and O–H groups in total. The molecule has 1 aromatic carbocycles. The van der Waals surface area contributed by atoms with Crippen LogP contribution in [0.1, 0.15) is 32.3 Å². The normalized spacial score (nSPS) is 19.3. The second-order valence-corrected chi connectivity index (χ2v) is 5.81. The summed E-state index contributed by atoms with van der Waals surface area (Å²) in [6.45, 7) is 5.05. The lowest BCUT2D eigenvalue weighted by atomic mass is 10.1. The third-order valence-corrected chi connectivity index (χ3v) is 4.22. The lowest BCUT2D eigenvalue weighted by Crippen LogP contribution is -2.58. The summed E-state index contributed by atoms with van der Waals surface area (Å²) in [4.78, 5) is 28.0. The van der Waals surface area contributed by atoms with E-state index in [9.17, 15) is 9.59 Å². The quantitative estimate of drug-likeness (QED) is 0.839. The summed E-state index contributed by atoms with van der Waals surface area (Å²) in [7, 11) is 0. The van der Waals surface area contributed by atoms with Crippen LogP contribution in [0, 0.1) is 0 Å². The first-order valence-electron chi connectivity index (χ1n) is 7.36. The average molecular weight is 309 g/mol. The number of hydrogen-bond acceptors (Lipinski definition) is 2. The Morgan fingerprint density at radius 1 is 1.29 bits per heavy atom. The maximum Gasteiger partial charge on any atom is 0.245 e. The molecule has 114 valence electrons. The molecule has 1 fully saturated rings. The number of nitrogens with zero attached hydrogens (tertiary/aromatic N) is 2. The van der Waals surface area contributed by atoms with Crippen molar-refractivity contribution in [3.63, 3.8) is 0 Å². The first-order valence-corrected chi connectivity index (χ1v) is 7.74. The van der Waals surface area contributed by atoms with Crippen molar-refractivity contribution in [1.29, 1.82) is 0 Å². The Morgan fingerprint density at radius 3 is 2.67 bits per heavy atom. The molecule has 0 bridgehead atoms. The van der Waals surface area contributed by atoms with E-state index in [0.29, 0.717) is 18.1 Å². The maximum atomic E-state index is 12.4. The van der Waals surface area contributed by atoms with E-state index in [1.54, 1.807) is 22.8 Å². The number of halogens is 1. The van der Waals surface area contributed by atoms with Gasteiger partial charge in [0.2, 0.25) is 11.8 Å². The molecule has 1 saturated heterocycles. The number of hydrogen-bond donors (Lipinski definition) is 0. The van der Waals surface area contributed by atoms with Crippen LogP contribution in [0.3, 0.4) is 0 Å². The summed E-state index contributed by atoms with van der Waals surface area (Å²) >= 11 is 6.13. The summed E-state index contributed by atoms with van der Waals surface area (Å²) < 4.78 is 0. The van der Waals surface area contributed by atoms with Gasteiger partial charge < -0.3 is 9.80 Å². The highest BCUT2D eigenvalue weighted by Gasteiger charge is 2.35. The van der Waals surface area contributed by atoms with Gasteiger partial charge in [0.05, 0.1) is 0 Å². The van der Waals surface area contributed by atoms with Crippen molar-refractivity contribution in [1.82, 2.24) is 9.80 Å². The minimum absolute atomic E-state index is 0.00868. The third kappa shape index (κ3) is 3.56. The molecular formula is C16H21ClN2O2. The molecule has 0 radical (unpaired) electrons. The first kappa shape index (κ1) is 15.8. The van der Waals surface area contributed by atoms with Gasteiger partial charge in [-0.05, 0) is 25.0 Å². The smallest absolute Gasteiger partial charge is 0.245 e. The van der Waals surface area contributed by atoms with Crippen LogP contribution in [-0.4, -0.2) is 40.7 Å². The molecule has 2 rings (SSSR count). The number of unbranched alkanes of at least 4 members (excludes halogenated alkanes) is 1. The van der Waals surface area contributed by atoms with Crippen molar-refractivity contribution in [2.75, 3.05) is 13.1 Å². The molecule has 21 heavy (non-hydrogen) atoms. The van der Waals surface area contributed by atoms with E-state index >= 15 is 0 Å². The van der Waals surface area contributed by atoms with E-state index in [4.69, 9.17) is 11.6 Å². The monoisotopic (exact) mass is 308 g/mol. The molecule has 1 heterocycles. The van der Waals surface area contributed by atoms with Crippen LogP contribution in [0.2, 0.25) is 5.02 Å². The number of rotatable bonds is 5. The van der Waals surface area contributed by atoms with Gasteiger partial charge in [0.25, 0.3) is 0 Å². The Hall–Kier alpha value is -1.55. The lowest BCUT2D eigenvalue weighted by molar-refractivity contribution is -0.155. The molecule has 0 unspecified atom stereocenters. The van der Waals surface area contributed by atoms with E-state index in [1.165, 1.54) is 0 Å². The molecule has 1 atom stereocenters. The van der Waals surface area contributed by atoms with Gasteiger partial charge in [0.15, 0.2) is 0 Å². The topological polar surface area (TPSA) is 40.6 Å². The summed E-state index contributed by atoms with van der Waals surface area (Å²) in [6.07, 6.45) is 1.93. The van der Waals surface area contributed by atoms with Crippen LogP contribution >= 0.6 is 11.6 Å². The van der Waals surface area contributed by atoms with Crippen LogP contribution < -0.4 is 0 Å². The Morgan fingerprint density at radius 2 is 2.00 bits per heavy atom. The van der Waals surface area contributed by atoms with Crippen molar-refractivity contribution in [3.8, 4) is 0 Å². The lowest BCUT2D eigenvalue weighted by Gasteiger charge is -2.39. The number of carbonyl (C=O) groups is 2. The van der Waals surface area contributed by atoms with Gasteiger partial charge in [0.1, 0.15) is 12.6 Å². The van der Waals surface area contributed by atoms with Gasteiger partial charge in [-0.2, -0.15) is 0 Å². The first-order chi connectivity index (χ1) is 10.0. The van der Waals surface area contributed by atoms with Crippen LogP contribution in [0.5, 0.6) is 0 Å². The zero-order chi connectivity index (χ0) is 15.4. The SMILES string of the molecule is CCCCN1C(=O)CN(Cc2ccccc2Cl)C(=O)[C@@H]1C. The van der Waals surface area contributed by atoms with Gasteiger partial charge in [-0.15, -0.1) is 0 Å². The fraction of sp³-hybridized carbons (Fsp3) is 0.500. The summed E-state index contributed by atoms with van der Waals surface area (Å²) in [5.41, 5.74) is 0.870. The number of carbonyl (C=O) groups excluding carboxylic acids is 2. The van der Waals surface area contributed by atoms with Crippen LogP contribution in [-0.2, 0) is 16.1 Å². The van der Waals surface area contributed by atoms with Gasteiger partial charge >= 0.3 is 0 Å². The third-order valence-electron chi connectivity index (χ3n) is 3.85. The van der Waals surface area contributed by atoms with Crippen molar-refractivity contribution in [3.05, 3.63) is 34.9 Å². The summed E-state index contributed by atoms with van der Waals surface area (Å²) in [6, 6.07) is 7.02. The largest absolute Gasteiger partial charge is 0.329 e. The van der Waals surface area contributed by atoms with E-state index in [0.717, 1.165) is 18.4 Å². The standard InChI is InChI=1S/C16H21ClN2O2/c1-3-4-9-19-12(2)16(21)18(11-15(19)20)10-13-7-5-6-8-14(13)17/h5-8,12H,3-4,9-11H2,1-2H3/t12-/m0/s1. The summed E-state index contributed by atoms with van der Waals surface area (Å²) in [5, 5.41) is 0.624. The van der Waals surface area contributed by atoms with Gasteiger partial charge in [-0.1, -0.05) is 43.1 Å². The molecule has 2 amide bonds. The highest BCUT2D eigenvalue weighted by atomic mass is 35.5. The zero-order valence-corrected chi connectivity index (χ0v) is 13.3. The maximum absolute atomic E-state index is 12.4. The molecule has 4 nitrogen and oxygen atoms in total. The zero-order valence-electron chi connectivity index (χ0n) is 12.5. The molecular weight excluding hydrogens is 288 g/mol. The van der Waals surface area contributed by atoms with E-state index in [-0.39, 0.29) is 24.4 Å². The molecule has 1 aliphatic rings. The minimum atomic E-state index is -0.389. The number of amides is 2. The molecule has 0 saturated carbocycles. The molecule has 5 heteroatoms. The van der Waals surface area contributed by atoms with E-state index < -0.39 is 0 Å². The predicted molar refractivity (Wildman–Crippen MR) is 83.0 cm³/mol. The Labute approximate surface area is 130 Å². The van der Waals surface area contributed by atoms with Crippen molar-refractivity contribution < 1.29 is 9.59 Å². The van der Waals surface area contributed by atoms with Crippen LogP contribution in [0.25, 0.3) is 0 Å². The predicted octanol–water partition coefficient (Wildman–Crippen LogP) is 2.70. The number of benzene rings is 1. The van der Waals surface area contributed by atoms with E-state index in [2.05, 4.69) is 6.92 Å². The van der Waals surface area contributed by atoms with Gasteiger partial charge in [-0.25, -0.2) is 0 Å². The summed E-state index contributed by atoms with van der Waals surface area (Å²) in [5.74, 6) is 0.00762. The van der Waals surface area contributed by atoms with Crippen LogP contribution in [0.15, 0.2) is 24.3 Å². The molecule has 0 aromatic heterocycles. The highest BCUT2D eigenvalue weighted by molar-refractivity contribution is 6.31. The van der Waals surface area contributed by atoms with Gasteiger partial charge in [-0.3, -0.25) is 9.59 Å². The Kier molecular flexibility index (Phi) is 5.23. The number of piperazine rings is 1. The van der Waals surface area contributed by atoms with Crippen LogP contribution in [0.4, 0.5) is 0 Å². The second kappa shape index (κ2) is 6.94. The van der Waals surface area contributed by atoms with E-state index in [1.807, 2.05) is 18.2 Å². The Bertz CT molecular complexity index is 533. The molecule has 0 aliphatic carbocycles. The fourth-order valence-corrected chi connectivity index (χ4v) is 2.75. The van der Waals surface area contributed by atoms with Crippen molar-refractivity contribution in [2.24, 2.45) is 0 Å². The Balaban J connectivity index is 2.09. The highest BCUT2D eigenvalue weighted by Crippen LogP contribution is 2.20. The van der Waals surface area contributed by atoms with Crippen molar-refractivity contribution >= 4 is 23.4 Å².